The average Bonchev–Trinajstić information content (AvgIpc) is 2.87. The predicted molar refractivity (Wildman–Crippen MR) is 103 cm³/mol. The Hall–Kier alpha value is -3.13. The Labute approximate surface area is 159 Å². The van der Waals surface area contributed by atoms with Gasteiger partial charge < -0.3 is 9.80 Å². The first kappa shape index (κ1) is 18.7. The van der Waals surface area contributed by atoms with Crippen molar-refractivity contribution in [1.29, 1.82) is 5.26 Å². The quantitative estimate of drug-likeness (QED) is 0.840. The summed E-state index contributed by atoms with van der Waals surface area (Å²) in [6.07, 6.45) is 1.09. The van der Waals surface area contributed by atoms with Crippen molar-refractivity contribution in [3.63, 3.8) is 0 Å². The molecule has 1 saturated heterocycles. The molecule has 1 aliphatic rings. The van der Waals surface area contributed by atoms with Gasteiger partial charge in [-0.05, 0) is 30.2 Å². The molecule has 5 heteroatoms. The second-order valence-corrected chi connectivity index (χ2v) is 6.76. The predicted octanol–water partition coefficient (Wildman–Crippen LogP) is 3.21. The molecule has 0 radical (unpaired) electrons. The first-order valence-electron chi connectivity index (χ1n) is 9.25. The molecule has 1 aliphatic heterocycles. The topological polar surface area (TPSA) is 64.4 Å². The first-order valence-corrected chi connectivity index (χ1v) is 9.25. The van der Waals surface area contributed by atoms with Gasteiger partial charge in [0.2, 0.25) is 5.91 Å². The molecule has 5 nitrogen and oxygen atoms in total. The Bertz CT molecular complexity index is 857. The third-order valence-electron chi connectivity index (χ3n) is 4.98. The minimum Gasteiger partial charge on any atom is -0.336 e. The normalized spacial score (nSPS) is 17.3. The van der Waals surface area contributed by atoms with Crippen LogP contribution in [-0.4, -0.2) is 40.7 Å². The van der Waals surface area contributed by atoms with E-state index in [2.05, 4.69) is 6.07 Å². The zero-order chi connectivity index (χ0) is 19.2. The highest BCUT2D eigenvalue weighted by molar-refractivity contribution is 5.95. The largest absolute Gasteiger partial charge is 0.336 e. The van der Waals surface area contributed by atoms with E-state index in [0.717, 1.165) is 12.0 Å². The van der Waals surface area contributed by atoms with Gasteiger partial charge >= 0.3 is 0 Å². The van der Waals surface area contributed by atoms with E-state index in [-0.39, 0.29) is 17.9 Å². The van der Waals surface area contributed by atoms with E-state index < -0.39 is 0 Å². The molecule has 0 aliphatic carbocycles. The van der Waals surface area contributed by atoms with E-state index in [9.17, 15) is 9.59 Å². The van der Waals surface area contributed by atoms with Crippen LogP contribution in [0.5, 0.6) is 0 Å². The smallest absolute Gasteiger partial charge is 0.253 e. The summed E-state index contributed by atoms with van der Waals surface area (Å²) in [6, 6.07) is 18.7. The maximum atomic E-state index is 12.9. The van der Waals surface area contributed by atoms with Crippen LogP contribution >= 0.6 is 0 Å². The van der Waals surface area contributed by atoms with Crippen LogP contribution in [-0.2, 0) is 11.3 Å². The molecule has 0 N–H and O–H groups in total. The maximum absolute atomic E-state index is 12.9. The van der Waals surface area contributed by atoms with Crippen LogP contribution in [0.25, 0.3) is 0 Å². The molecule has 2 aromatic carbocycles. The van der Waals surface area contributed by atoms with E-state index in [1.807, 2.05) is 42.2 Å². The number of nitriles is 1. The lowest BCUT2D eigenvalue weighted by atomic mass is 10.1. The van der Waals surface area contributed by atoms with Gasteiger partial charge in [-0.2, -0.15) is 5.26 Å². The lowest BCUT2D eigenvalue weighted by molar-refractivity contribution is -0.133. The zero-order valence-electron chi connectivity index (χ0n) is 15.5. The summed E-state index contributed by atoms with van der Waals surface area (Å²) in [5, 5.41) is 9.06. The lowest BCUT2D eigenvalue weighted by Gasteiger charge is -2.31. The van der Waals surface area contributed by atoms with Crippen LogP contribution in [0.1, 0.15) is 41.3 Å². The standard InChI is InChI=1S/C22H23N3O2/c1-2-20-16-24(22(27)19-10-6-9-18(13-19)14-23)12-11-21(26)25(20)15-17-7-4-3-5-8-17/h3-10,13,20H,2,11-12,15-16H2,1H3/t20-/m0/s1. The Morgan fingerprint density at radius 3 is 2.67 bits per heavy atom. The summed E-state index contributed by atoms with van der Waals surface area (Å²) in [5.41, 5.74) is 2.04. The second-order valence-electron chi connectivity index (χ2n) is 6.76. The molecule has 2 amide bonds. The van der Waals surface area contributed by atoms with Crippen LogP contribution in [0.2, 0.25) is 0 Å². The zero-order valence-corrected chi connectivity index (χ0v) is 15.5. The van der Waals surface area contributed by atoms with Gasteiger partial charge in [0.15, 0.2) is 0 Å². The van der Waals surface area contributed by atoms with Crippen molar-refractivity contribution < 1.29 is 9.59 Å². The monoisotopic (exact) mass is 361 g/mol. The highest BCUT2D eigenvalue weighted by Gasteiger charge is 2.31. The van der Waals surface area contributed by atoms with Gasteiger partial charge in [0.1, 0.15) is 0 Å². The van der Waals surface area contributed by atoms with Gasteiger partial charge in [-0.25, -0.2) is 0 Å². The lowest BCUT2D eigenvalue weighted by Crippen LogP contribution is -2.43. The van der Waals surface area contributed by atoms with Crippen LogP contribution in [0, 0.1) is 11.3 Å². The minimum atomic E-state index is -0.125. The highest BCUT2D eigenvalue weighted by atomic mass is 16.2. The van der Waals surface area contributed by atoms with E-state index in [0.29, 0.717) is 37.2 Å². The van der Waals surface area contributed by atoms with Crippen molar-refractivity contribution in [2.45, 2.75) is 32.4 Å². The van der Waals surface area contributed by atoms with Crippen molar-refractivity contribution in [3.8, 4) is 6.07 Å². The summed E-state index contributed by atoms with van der Waals surface area (Å²) in [5.74, 6) is -0.0494. The molecular formula is C22H23N3O2. The first-order chi connectivity index (χ1) is 13.1. The number of hydrogen-bond donors (Lipinski definition) is 0. The molecule has 0 aromatic heterocycles. The van der Waals surface area contributed by atoms with Gasteiger partial charge in [0.25, 0.3) is 5.91 Å². The van der Waals surface area contributed by atoms with Crippen LogP contribution in [0.15, 0.2) is 54.6 Å². The van der Waals surface area contributed by atoms with Crippen LogP contribution < -0.4 is 0 Å². The van der Waals surface area contributed by atoms with E-state index in [1.165, 1.54) is 0 Å². The average molecular weight is 361 g/mol. The molecule has 1 heterocycles. The maximum Gasteiger partial charge on any atom is 0.253 e. The Balaban J connectivity index is 1.79. The Morgan fingerprint density at radius 1 is 1.19 bits per heavy atom. The number of benzene rings is 2. The molecule has 0 unspecified atom stereocenters. The summed E-state index contributed by atoms with van der Waals surface area (Å²) in [6.45, 7) is 3.51. The molecule has 27 heavy (non-hydrogen) atoms. The molecule has 138 valence electrons. The molecule has 0 spiro atoms. The molecule has 3 rings (SSSR count). The van der Waals surface area contributed by atoms with E-state index in [4.69, 9.17) is 5.26 Å². The minimum absolute atomic E-state index is 0.0247. The number of rotatable bonds is 4. The van der Waals surface area contributed by atoms with E-state index >= 15 is 0 Å². The number of nitrogens with zero attached hydrogens (tertiary/aromatic N) is 3. The molecular weight excluding hydrogens is 338 g/mol. The third kappa shape index (κ3) is 4.35. The van der Waals surface area contributed by atoms with Crippen molar-refractivity contribution >= 4 is 11.8 Å². The summed E-state index contributed by atoms with van der Waals surface area (Å²) in [4.78, 5) is 29.3. The molecule has 0 saturated carbocycles. The van der Waals surface area contributed by atoms with Gasteiger partial charge in [0, 0.05) is 37.7 Å². The number of hydrogen-bond acceptors (Lipinski definition) is 3. The fourth-order valence-electron chi connectivity index (χ4n) is 3.46. The van der Waals surface area contributed by atoms with Crippen LogP contribution in [0.3, 0.4) is 0 Å². The van der Waals surface area contributed by atoms with Gasteiger partial charge in [-0.3, -0.25) is 9.59 Å². The van der Waals surface area contributed by atoms with Gasteiger partial charge in [-0.1, -0.05) is 43.3 Å². The molecule has 1 atom stereocenters. The Kier molecular flexibility index (Phi) is 5.87. The third-order valence-corrected chi connectivity index (χ3v) is 4.98. The SMILES string of the molecule is CC[C@H]1CN(C(=O)c2cccc(C#N)c2)CCC(=O)N1Cc1ccccc1. The van der Waals surface area contributed by atoms with Crippen LogP contribution in [0.4, 0.5) is 0 Å². The fraction of sp³-hybridized carbons (Fsp3) is 0.318. The second kappa shape index (κ2) is 8.50. The van der Waals surface area contributed by atoms with Gasteiger partial charge in [-0.15, -0.1) is 0 Å². The summed E-state index contributed by atoms with van der Waals surface area (Å²) >= 11 is 0. The van der Waals surface area contributed by atoms with Crippen molar-refractivity contribution in [3.05, 3.63) is 71.3 Å². The van der Waals surface area contributed by atoms with Crippen molar-refractivity contribution in [2.24, 2.45) is 0 Å². The van der Waals surface area contributed by atoms with E-state index in [1.54, 1.807) is 29.2 Å². The molecule has 1 fully saturated rings. The number of carbonyl (C=O) groups is 2. The molecule has 2 aromatic rings. The molecule has 0 bridgehead atoms. The van der Waals surface area contributed by atoms with Crippen molar-refractivity contribution in [1.82, 2.24) is 9.80 Å². The highest BCUT2D eigenvalue weighted by Crippen LogP contribution is 2.19. The summed E-state index contributed by atoms with van der Waals surface area (Å²) in [7, 11) is 0. The number of amides is 2. The number of carbonyl (C=O) groups excluding carboxylic acids is 2. The fourth-order valence-corrected chi connectivity index (χ4v) is 3.46. The van der Waals surface area contributed by atoms with Crippen molar-refractivity contribution in [2.75, 3.05) is 13.1 Å². The van der Waals surface area contributed by atoms with Gasteiger partial charge in [0.05, 0.1) is 11.6 Å². The Morgan fingerprint density at radius 2 is 1.96 bits per heavy atom. The summed E-state index contributed by atoms with van der Waals surface area (Å²) < 4.78 is 0.